The topological polar surface area (TPSA) is 72.5 Å². The molecule has 0 bridgehead atoms. The summed E-state index contributed by atoms with van der Waals surface area (Å²) in [5.74, 6) is -1.15. The number of aliphatic carboxylic acids is 1. The smallest absolute Gasteiger partial charge is 0.315 e. The first-order chi connectivity index (χ1) is 9.42. The Kier molecular flexibility index (Phi) is 6.10. The number of ether oxygens (including phenoxy) is 1. The van der Waals surface area contributed by atoms with Gasteiger partial charge in [0, 0.05) is 19.8 Å². The Morgan fingerprint density at radius 3 is 2.70 bits per heavy atom. The van der Waals surface area contributed by atoms with Crippen LogP contribution in [0.5, 0.6) is 0 Å². The largest absolute Gasteiger partial charge is 0.481 e. The van der Waals surface area contributed by atoms with Crippen molar-refractivity contribution in [1.82, 2.24) is 0 Å². The zero-order valence-electron chi connectivity index (χ0n) is 11.9. The molecule has 0 spiro atoms. The van der Waals surface area contributed by atoms with Gasteiger partial charge in [-0.05, 0) is 30.0 Å². The fourth-order valence-electron chi connectivity index (χ4n) is 2.03. The molecule has 0 aliphatic heterocycles. The van der Waals surface area contributed by atoms with E-state index in [1.807, 2.05) is 13.8 Å². The Morgan fingerprint density at radius 2 is 2.20 bits per heavy atom. The zero-order valence-corrected chi connectivity index (χ0v) is 11.9. The summed E-state index contributed by atoms with van der Waals surface area (Å²) in [7, 11) is 0. The Morgan fingerprint density at radius 1 is 1.50 bits per heavy atom. The van der Waals surface area contributed by atoms with E-state index in [9.17, 15) is 14.3 Å². The lowest BCUT2D eigenvalue weighted by molar-refractivity contribution is -0.144. The molecule has 1 aromatic rings. The normalized spacial score (nSPS) is 14.2. The van der Waals surface area contributed by atoms with Crippen LogP contribution in [0.25, 0.3) is 0 Å². The van der Waals surface area contributed by atoms with Crippen molar-refractivity contribution in [2.75, 3.05) is 19.8 Å². The molecule has 0 aliphatic rings. The van der Waals surface area contributed by atoms with E-state index in [-0.39, 0.29) is 19.6 Å². The molecule has 1 atom stereocenters. The van der Waals surface area contributed by atoms with Crippen LogP contribution in [0.2, 0.25) is 0 Å². The number of carboxylic acid groups (broad SMARTS) is 1. The predicted octanol–water partition coefficient (Wildman–Crippen LogP) is 2.17. The van der Waals surface area contributed by atoms with E-state index in [0.29, 0.717) is 18.1 Å². The molecule has 0 aliphatic carbocycles. The number of hydrogen-bond donors (Lipinski definition) is 2. The monoisotopic (exact) mass is 283 g/mol. The van der Waals surface area contributed by atoms with Gasteiger partial charge in [0.05, 0.1) is 0 Å². The molecule has 20 heavy (non-hydrogen) atoms. The van der Waals surface area contributed by atoms with Gasteiger partial charge < -0.3 is 15.6 Å². The van der Waals surface area contributed by atoms with E-state index in [1.54, 1.807) is 6.07 Å². The third-order valence-electron chi connectivity index (χ3n) is 3.26. The van der Waals surface area contributed by atoms with Gasteiger partial charge in [-0.2, -0.15) is 0 Å². The molecule has 112 valence electrons. The zero-order chi connectivity index (χ0) is 15.2. The van der Waals surface area contributed by atoms with Gasteiger partial charge in [-0.15, -0.1) is 0 Å². The summed E-state index contributed by atoms with van der Waals surface area (Å²) in [6.07, 6.45) is 0.217. The Balaban J connectivity index is 2.89. The van der Waals surface area contributed by atoms with Gasteiger partial charge in [-0.25, -0.2) is 4.39 Å². The molecule has 0 heterocycles. The summed E-state index contributed by atoms with van der Waals surface area (Å²) >= 11 is 0. The van der Waals surface area contributed by atoms with Crippen molar-refractivity contribution in [3.63, 3.8) is 0 Å². The minimum atomic E-state index is -1.31. The van der Waals surface area contributed by atoms with Gasteiger partial charge in [0.2, 0.25) is 0 Å². The highest BCUT2D eigenvalue weighted by Gasteiger charge is 2.39. The molecule has 5 heteroatoms. The van der Waals surface area contributed by atoms with Gasteiger partial charge in [-0.3, -0.25) is 4.79 Å². The summed E-state index contributed by atoms with van der Waals surface area (Å²) in [5.41, 5.74) is 4.74. The van der Waals surface area contributed by atoms with Crippen LogP contribution < -0.4 is 5.73 Å². The molecule has 0 saturated heterocycles. The first-order valence-electron chi connectivity index (χ1n) is 6.69. The molecular formula is C15H22FNO3. The van der Waals surface area contributed by atoms with Gasteiger partial charge in [0.15, 0.2) is 0 Å². The van der Waals surface area contributed by atoms with E-state index in [0.717, 1.165) is 0 Å². The maximum Gasteiger partial charge on any atom is 0.315 e. The lowest BCUT2D eigenvalue weighted by Gasteiger charge is -2.28. The fraction of sp³-hybridized carbons (Fsp3) is 0.533. The number of carbonyl (C=O) groups is 1. The number of rotatable bonds is 8. The van der Waals surface area contributed by atoms with Crippen molar-refractivity contribution >= 4 is 5.97 Å². The van der Waals surface area contributed by atoms with E-state index in [1.165, 1.54) is 18.2 Å². The van der Waals surface area contributed by atoms with Crippen LogP contribution in [0, 0.1) is 11.7 Å². The maximum absolute atomic E-state index is 13.3. The lowest BCUT2D eigenvalue weighted by Crippen LogP contribution is -2.44. The van der Waals surface area contributed by atoms with Crippen LogP contribution in [0.3, 0.4) is 0 Å². The van der Waals surface area contributed by atoms with Crippen molar-refractivity contribution in [3.8, 4) is 0 Å². The molecule has 1 unspecified atom stereocenters. The van der Waals surface area contributed by atoms with Crippen molar-refractivity contribution < 1.29 is 19.0 Å². The highest BCUT2D eigenvalue weighted by molar-refractivity contribution is 5.81. The van der Waals surface area contributed by atoms with Crippen molar-refractivity contribution in [2.45, 2.75) is 25.7 Å². The minimum absolute atomic E-state index is 0.100. The SMILES string of the molecule is CC(C)COCCC(CN)(C(=O)O)c1cccc(F)c1. The lowest BCUT2D eigenvalue weighted by atomic mass is 9.78. The predicted molar refractivity (Wildman–Crippen MR) is 75.0 cm³/mol. The minimum Gasteiger partial charge on any atom is -0.481 e. The second-order valence-electron chi connectivity index (χ2n) is 5.32. The van der Waals surface area contributed by atoms with Crippen LogP contribution in [-0.4, -0.2) is 30.8 Å². The standard InChI is InChI=1S/C15H22FNO3/c1-11(2)9-20-7-6-15(10-17,14(18)19)12-4-3-5-13(16)8-12/h3-5,8,11H,6-7,9-10,17H2,1-2H3,(H,18,19). The number of nitrogens with two attached hydrogens (primary N) is 1. The van der Waals surface area contributed by atoms with E-state index >= 15 is 0 Å². The first kappa shape index (κ1) is 16.6. The van der Waals surface area contributed by atoms with Crippen LogP contribution in [0.15, 0.2) is 24.3 Å². The van der Waals surface area contributed by atoms with Crippen LogP contribution in [-0.2, 0) is 14.9 Å². The van der Waals surface area contributed by atoms with Crippen molar-refractivity contribution in [1.29, 1.82) is 0 Å². The summed E-state index contributed by atoms with van der Waals surface area (Å²) < 4.78 is 18.8. The summed E-state index contributed by atoms with van der Waals surface area (Å²) in [6.45, 7) is 4.76. The Labute approximate surface area is 118 Å². The van der Waals surface area contributed by atoms with Gasteiger partial charge in [-0.1, -0.05) is 26.0 Å². The molecule has 0 aromatic heterocycles. The molecule has 0 fully saturated rings. The average molecular weight is 283 g/mol. The molecule has 4 nitrogen and oxygen atoms in total. The maximum atomic E-state index is 13.3. The van der Waals surface area contributed by atoms with Crippen molar-refractivity contribution in [2.24, 2.45) is 11.7 Å². The summed E-state index contributed by atoms with van der Waals surface area (Å²) in [6, 6.07) is 5.59. The molecule has 1 aromatic carbocycles. The number of hydrogen-bond acceptors (Lipinski definition) is 3. The van der Waals surface area contributed by atoms with E-state index in [4.69, 9.17) is 10.5 Å². The third-order valence-corrected chi connectivity index (χ3v) is 3.26. The van der Waals surface area contributed by atoms with Gasteiger partial charge in [0.25, 0.3) is 0 Å². The van der Waals surface area contributed by atoms with Crippen LogP contribution >= 0.6 is 0 Å². The van der Waals surface area contributed by atoms with E-state index in [2.05, 4.69) is 0 Å². The Hall–Kier alpha value is -1.46. The van der Waals surface area contributed by atoms with Crippen molar-refractivity contribution in [3.05, 3.63) is 35.6 Å². The molecule has 0 saturated carbocycles. The first-order valence-corrected chi connectivity index (χ1v) is 6.69. The van der Waals surface area contributed by atoms with Gasteiger partial charge >= 0.3 is 5.97 Å². The Bertz CT molecular complexity index is 450. The highest BCUT2D eigenvalue weighted by atomic mass is 19.1. The second kappa shape index (κ2) is 7.36. The quantitative estimate of drug-likeness (QED) is 0.717. The number of carboxylic acids is 1. The third kappa shape index (κ3) is 4.02. The molecule has 0 amide bonds. The summed E-state index contributed by atoms with van der Waals surface area (Å²) in [4.78, 5) is 11.6. The average Bonchev–Trinajstić information content (AvgIpc) is 2.38. The molecule has 1 rings (SSSR count). The van der Waals surface area contributed by atoms with Crippen LogP contribution in [0.1, 0.15) is 25.8 Å². The number of benzene rings is 1. The molecular weight excluding hydrogens is 261 g/mol. The van der Waals surface area contributed by atoms with E-state index < -0.39 is 17.2 Å². The van der Waals surface area contributed by atoms with Gasteiger partial charge in [0.1, 0.15) is 11.2 Å². The fourth-order valence-corrected chi connectivity index (χ4v) is 2.03. The molecule has 3 N–H and O–H groups in total. The molecule has 0 radical (unpaired) electrons. The highest BCUT2D eigenvalue weighted by Crippen LogP contribution is 2.28. The number of halogens is 1. The summed E-state index contributed by atoms with van der Waals surface area (Å²) in [5, 5.41) is 9.52. The van der Waals surface area contributed by atoms with Crippen LogP contribution in [0.4, 0.5) is 4.39 Å². The second-order valence-corrected chi connectivity index (χ2v) is 5.32.